The maximum atomic E-state index is 9.44. The summed E-state index contributed by atoms with van der Waals surface area (Å²) in [7, 11) is -11.0. The van der Waals surface area contributed by atoms with Crippen molar-refractivity contribution in [1.82, 2.24) is 0 Å². The molecule has 1 N–H and O–H groups in total. The minimum absolute atomic E-state index is 0. The zero-order chi connectivity index (χ0) is 7.71. The molecular weight excluding hydrogens is 318 g/mol. The van der Waals surface area contributed by atoms with E-state index in [0.717, 1.165) is 0 Å². The molecule has 0 aliphatic heterocycles. The zero-order valence-electron chi connectivity index (χ0n) is 5.12. The van der Waals surface area contributed by atoms with Crippen molar-refractivity contribution in [2.45, 2.75) is 0 Å². The van der Waals surface area contributed by atoms with E-state index in [-0.39, 0.29) is 75.0 Å². The van der Waals surface area contributed by atoms with E-state index in [4.69, 9.17) is 4.89 Å². The second-order valence-electron chi connectivity index (χ2n) is 0.997. The summed E-state index contributed by atoms with van der Waals surface area (Å²) in [6, 6.07) is 0. The Labute approximate surface area is 121 Å². The molecule has 0 saturated heterocycles. The average Bonchev–Trinajstić information content (AvgIpc) is 1.14. The molecule has 0 aromatic rings. The molecule has 0 aliphatic carbocycles. The molecule has 0 rings (SSSR count). The van der Waals surface area contributed by atoms with Gasteiger partial charge in [-0.05, 0) is 0 Å². The SMILES string of the molecule is O=P([O-])([O-])OP(=O)([O-])O.[Co+2].[Rb+]. The number of hydrogen-bond donors (Lipinski definition) is 1. The molecule has 1 unspecified atom stereocenters. The van der Waals surface area contributed by atoms with Crippen LogP contribution in [0, 0.1) is 0 Å². The van der Waals surface area contributed by atoms with E-state index in [9.17, 15) is 23.8 Å². The Balaban J connectivity index is -0.000000320. The van der Waals surface area contributed by atoms with Crippen molar-refractivity contribution < 1.29 is 108 Å². The molecule has 0 aromatic carbocycles. The summed E-state index contributed by atoms with van der Waals surface area (Å²) in [6.45, 7) is 0. The van der Waals surface area contributed by atoms with Gasteiger partial charge < -0.3 is 24.1 Å². The molecule has 11 heavy (non-hydrogen) atoms. The van der Waals surface area contributed by atoms with Crippen molar-refractivity contribution in [1.29, 1.82) is 0 Å². The first-order chi connectivity index (χ1) is 3.71. The van der Waals surface area contributed by atoms with E-state index in [0.29, 0.717) is 0 Å². The summed E-state index contributed by atoms with van der Waals surface area (Å²) < 4.78 is 21.4. The van der Waals surface area contributed by atoms with Gasteiger partial charge in [-0.2, -0.15) is 0 Å². The third-order valence-corrected chi connectivity index (χ3v) is 1.83. The molecule has 0 bridgehead atoms. The van der Waals surface area contributed by atoms with Crippen LogP contribution in [-0.2, 0) is 30.2 Å². The summed E-state index contributed by atoms with van der Waals surface area (Å²) in [6.07, 6.45) is 0. The van der Waals surface area contributed by atoms with Gasteiger partial charge in [0.1, 0.15) is 0 Å². The molecule has 7 nitrogen and oxygen atoms in total. The molecule has 0 heterocycles. The smallest absolute Gasteiger partial charge is 0.790 e. The van der Waals surface area contributed by atoms with E-state index in [2.05, 4.69) is 4.31 Å². The quantitative estimate of drug-likeness (QED) is 0.501. The Morgan fingerprint density at radius 2 is 1.45 bits per heavy atom. The van der Waals surface area contributed by atoms with Crippen LogP contribution in [0.15, 0.2) is 0 Å². The van der Waals surface area contributed by atoms with Crippen LogP contribution < -0.4 is 72.9 Å². The maximum absolute atomic E-state index is 9.44. The first-order valence-corrected chi connectivity index (χ1v) is 4.43. The van der Waals surface area contributed by atoms with E-state index < -0.39 is 15.6 Å². The Kier molecular flexibility index (Phi) is 12.1. The molecule has 0 aliphatic rings. The topological polar surface area (TPSA) is 133 Å². The Morgan fingerprint density at radius 3 is 1.45 bits per heavy atom. The molecule has 11 heteroatoms. The predicted molar refractivity (Wildman–Crippen MR) is 18.5 cm³/mol. The van der Waals surface area contributed by atoms with Gasteiger partial charge in [0.15, 0.2) is 0 Å². The van der Waals surface area contributed by atoms with Gasteiger partial charge in [0.05, 0.1) is 7.82 Å². The van der Waals surface area contributed by atoms with Crippen LogP contribution in [0.25, 0.3) is 0 Å². The molecule has 0 amide bonds. The van der Waals surface area contributed by atoms with Crippen molar-refractivity contribution in [3.05, 3.63) is 0 Å². The van der Waals surface area contributed by atoms with Crippen molar-refractivity contribution in [2.75, 3.05) is 0 Å². The number of phosphoric acid groups is 2. The van der Waals surface area contributed by atoms with Gasteiger partial charge in [-0.15, -0.1) is 0 Å². The first-order valence-electron chi connectivity index (χ1n) is 1.48. The maximum Gasteiger partial charge on any atom is 2.00 e. The van der Waals surface area contributed by atoms with Crippen molar-refractivity contribution >= 4 is 15.6 Å². The first kappa shape index (κ1) is 19.2. The van der Waals surface area contributed by atoms with E-state index >= 15 is 0 Å². The molecule has 1 atom stereocenters. The van der Waals surface area contributed by atoms with Gasteiger partial charge in [-0.25, -0.2) is 0 Å². The van der Waals surface area contributed by atoms with Crippen LogP contribution in [0.3, 0.4) is 0 Å². The van der Waals surface area contributed by atoms with Crippen LogP contribution in [0.2, 0.25) is 0 Å². The van der Waals surface area contributed by atoms with Gasteiger partial charge in [0.25, 0.3) is 7.82 Å². The van der Waals surface area contributed by atoms with E-state index in [1.54, 1.807) is 0 Å². The van der Waals surface area contributed by atoms with Crippen LogP contribution in [0.1, 0.15) is 0 Å². The number of rotatable bonds is 2. The fourth-order valence-corrected chi connectivity index (χ4v) is 1.14. The monoisotopic (exact) mass is 319 g/mol. The van der Waals surface area contributed by atoms with Crippen LogP contribution in [0.4, 0.5) is 0 Å². The second kappa shape index (κ2) is 6.94. The molecular formula is HCoO7P2Rb. The van der Waals surface area contributed by atoms with Crippen molar-refractivity contribution in [3.63, 3.8) is 0 Å². The molecule has 0 saturated carbocycles. The summed E-state index contributed by atoms with van der Waals surface area (Å²) in [5, 5.41) is 0. The van der Waals surface area contributed by atoms with Crippen molar-refractivity contribution in [3.8, 4) is 0 Å². The minimum Gasteiger partial charge on any atom is -0.790 e. The fourth-order valence-electron chi connectivity index (χ4n) is 0.126. The van der Waals surface area contributed by atoms with Crippen molar-refractivity contribution in [2.24, 2.45) is 0 Å². The van der Waals surface area contributed by atoms with Crippen LogP contribution in [0.5, 0.6) is 0 Å². The Bertz CT molecular complexity index is 157. The summed E-state index contributed by atoms with van der Waals surface area (Å²) in [5.41, 5.74) is 0. The summed E-state index contributed by atoms with van der Waals surface area (Å²) in [5.74, 6) is 0. The third-order valence-electron chi connectivity index (χ3n) is 0.203. The molecule has 1 radical (unpaired) electrons. The Morgan fingerprint density at radius 1 is 1.18 bits per heavy atom. The predicted octanol–water partition coefficient (Wildman–Crippen LogP) is -5.71. The molecule has 0 aromatic heterocycles. The number of hydrogen-bond acceptors (Lipinski definition) is 6. The van der Waals surface area contributed by atoms with E-state index in [1.807, 2.05) is 0 Å². The Hall–Kier alpha value is 2.57. The van der Waals surface area contributed by atoms with Gasteiger partial charge in [0, 0.05) is 0 Å². The molecule has 0 fully saturated rings. The molecule has 0 spiro atoms. The normalized spacial score (nSPS) is 15.6. The van der Waals surface area contributed by atoms with E-state index in [1.165, 1.54) is 0 Å². The standard InChI is InChI=1S/Co.H4O7P2.Rb/c;1-8(2,3)7-9(4,5)6;/h;(H2,1,2,3)(H2,4,5,6);/q+2;;+1/p-3. The van der Waals surface area contributed by atoms with Gasteiger partial charge in [-0.1, -0.05) is 0 Å². The van der Waals surface area contributed by atoms with Gasteiger partial charge in [-0.3, -0.25) is 8.88 Å². The third kappa shape index (κ3) is 19.1. The van der Waals surface area contributed by atoms with Gasteiger partial charge in [0.2, 0.25) is 0 Å². The zero-order valence-corrected chi connectivity index (χ0v) is 12.9. The fraction of sp³-hybridized carbons (Fsp3) is 0. The minimum atomic E-state index is -5.61. The van der Waals surface area contributed by atoms with Gasteiger partial charge >= 0.3 is 75.0 Å². The average molecular weight is 319 g/mol. The molecule has 63 valence electrons. The largest absolute Gasteiger partial charge is 2.00 e. The second-order valence-corrected chi connectivity index (χ2v) is 3.48. The summed E-state index contributed by atoms with van der Waals surface area (Å²) >= 11 is 0. The summed E-state index contributed by atoms with van der Waals surface area (Å²) in [4.78, 5) is 35.7. The van der Waals surface area contributed by atoms with Crippen LogP contribution in [-0.4, -0.2) is 4.89 Å². The van der Waals surface area contributed by atoms with Crippen LogP contribution >= 0.6 is 15.6 Å².